The molecule has 0 unspecified atom stereocenters. The summed E-state index contributed by atoms with van der Waals surface area (Å²) in [5.41, 5.74) is 3.37. The number of nitrogens with zero attached hydrogens (tertiary/aromatic N) is 2. The van der Waals surface area contributed by atoms with Crippen molar-refractivity contribution >= 4 is 5.96 Å². The molecule has 1 aromatic heterocycles. The summed E-state index contributed by atoms with van der Waals surface area (Å²) in [5, 5.41) is 6.60. The summed E-state index contributed by atoms with van der Waals surface area (Å²) in [7, 11) is 3.28. The van der Waals surface area contributed by atoms with E-state index in [4.69, 9.17) is 13.9 Å². The first-order chi connectivity index (χ1) is 15.1. The van der Waals surface area contributed by atoms with Crippen LogP contribution in [0, 0.1) is 6.92 Å². The average molecular weight is 423 g/mol. The van der Waals surface area contributed by atoms with Crippen LogP contribution in [0.3, 0.4) is 0 Å². The van der Waals surface area contributed by atoms with Gasteiger partial charge >= 0.3 is 0 Å². The van der Waals surface area contributed by atoms with Gasteiger partial charge in [0.05, 0.1) is 20.4 Å². The van der Waals surface area contributed by atoms with Crippen molar-refractivity contribution in [3.8, 4) is 22.8 Å². The van der Waals surface area contributed by atoms with Crippen molar-refractivity contribution in [2.45, 2.75) is 26.8 Å². The third-order valence-electron chi connectivity index (χ3n) is 4.76. The summed E-state index contributed by atoms with van der Waals surface area (Å²) >= 11 is 0. The first-order valence-corrected chi connectivity index (χ1v) is 10.4. The number of rotatable bonds is 9. The van der Waals surface area contributed by atoms with Crippen LogP contribution in [0.2, 0.25) is 0 Å². The van der Waals surface area contributed by atoms with Crippen LogP contribution in [0.15, 0.2) is 58.1 Å². The number of aryl methyl sites for hydroxylation is 1. The van der Waals surface area contributed by atoms with E-state index in [1.54, 1.807) is 20.4 Å². The number of hydrogen-bond donors (Lipinski definition) is 2. The standard InChI is InChI=1S/C24H30N4O3/c1-5-25-24(26-13-12-18-8-11-20(29-3)21(14-18)30-4)28-16-23-27-15-22(31-23)19-9-6-17(2)7-10-19/h6-11,14-15H,5,12-13,16H2,1-4H3,(H2,25,26,28). The molecule has 0 aliphatic rings. The first-order valence-electron chi connectivity index (χ1n) is 10.4. The molecule has 0 atom stereocenters. The van der Waals surface area contributed by atoms with Gasteiger partial charge in [0.25, 0.3) is 0 Å². The van der Waals surface area contributed by atoms with Gasteiger partial charge in [0.1, 0.15) is 6.54 Å². The molecule has 164 valence electrons. The lowest BCUT2D eigenvalue weighted by molar-refractivity contribution is 0.354. The predicted molar refractivity (Wildman–Crippen MR) is 123 cm³/mol. The molecule has 2 N–H and O–H groups in total. The molecule has 0 aliphatic carbocycles. The van der Waals surface area contributed by atoms with Crippen LogP contribution in [0.4, 0.5) is 0 Å². The number of nitrogens with one attached hydrogen (secondary N) is 2. The fraction of sp³-hybridized carbons (Fsp3) is 0.333. The van der Waals surface area contributed by atoms with Crippen molar-refractivity contribution in [1.82, 2.24) is 15.6 Å². The number of aromatic nitrogens is 1. The molecule has 0 spiro atoms. The molecule has 3 rings (SSSR count). The van der Waals surface area contributed by atoms with E-state index >= 15 is 0 Å². The third kappa shape index (κ3) is 6.25. The number of hydrogen-bond acceptors (Lipinski definition) is 5. The van der Waals surface area contributed by atoms with Gasteiger partial charge in [-0.3, -0.25) is 0 Å². The van der Waals surface area contributed by atoms with Crippen molar-refractivity contribution in [2.75, 3.05) is 27.3 Å². The van der Waals surface area contributed by atoms with E-state index in [0.717, 1.165) is 53.9 Å². The van der Waals surface area contributed by atoms with Gasteiger partial charge in [0, 0.05) is 18.7 Å². The second-order valence-corrected chi connectivity index (χ2v) is 7.05. The topological polar surface area (TPSA) is 80.9 Å². The molecule has 3 aromatic rings. The van der Waals surface area contributed by atoms with Crippen LogP contribution < -0.4 is 20.1 Å². The van der Waals surface area contributed by atoms with Gasteiger partial charge in [-0.1, -0.05) is 35.9 Å². The number of guanidine groups is 1. The van der Waals surface area contributed by atoms with Gasteiger partial charge in [-0.05, 0) is 38.0 Å². The van der Waals surface area contributed by atoms with Gasteiger partial charge in [-0.2, -0.15) is 0 Å². The monoisotopic (exact) mass is 422 g/mol. The maximum Gasteiger partial charge on any atom is 0.216 e. The lowest BCUT2D eigenvalue weighted by Crippen LogP contribution is -2.38. The van der Waals surface area contributed by atoms with E-state index < -0.39 is 0 Å². The normalized spacial score (nSPS) is 11.3. The Labute approximate surface area is 183 Å². The maximum atomic E-state index is 5.86. The Kier molecular flexibility index (Phi) is 7.92. The highest BCUT2D eigenvalue weighted by molar-refractivity contribution is 5.79. The molecule has 1 heterocycles. The van der Waals surface area contributed by atoms with E-state index in [0.29, 0.717) is 12.4 Å². The number of aliphatic imine (C=N–C) groups is 1. The summed E-state index contributed by atoms with van der Waals surface area (Å²) < 4.78 is 16.5. The average Bonchev–Trinajstić information content (AvgIpc) is 3.27. The molecule has 0 fully saturated rings. The van der Waals surface area contributed by atoms with E-state index in [9.17, 15) is 0 Å². The molecular formula is C24H30N4O3. The van der Waals surface area contributed by atoms with Gasteiger partial charge in [0.2, 0.25) is 5.89 Å². The fourth-order valence-corrected chi connectivity index (χ4v) is 3.08. The van der Waals surface area contributed by atoms with E-state index in [2.05, 4.69) is 39.7 Å². The van der Waals surface area contributed by atoms with Crippen LogP contribution in [-0.2, 0) is 13.0 Å². The Balaban J connectivity index is 1.57. The van der Waals surface area contributed by atoms with Crippen LogP contribution in [0.25, 0.3) is 11.3 Å². The highest BCUT2D eigenvalue weighted by Gasteiger charge is 2.07. The minimum absolute atomic E-state index is 0.359. The Morgan fingerprint density at radius 3 is 2.52 bits per heavy atom. The minimum atomic E-state index is 0.359. The van der Waals surface area contributed by atoms with Gasteiger partial charge in [-0.25, -0.2) is 9.98 Å². The summed E-state index contributed by atoms with van der Waals surface area (Å²) in [5.74, 6) is 3.50. The SMILES string of the molecule is CCNC(=NCc1ncc(-c2ccc(C)cc2)o1)NCCc1ccc(OC)c(OC)c1. The van der Waals surface area contributed by atoms with Crippen LogP contribution >= 0.6 is 0 Å². The molecule has 0 amide bonds. The van der Waals surface area contributed by atoms with Crippen LogP contribution in [0.5, 0.6) is 11.5 Å². The minimum Gasteiger partial charge on any atom is -0.493 e. The molecule has 31 heavy (non-hydrogen) atoms. The van der Waals surface area contributed by atoms with Gasteiger partial charge in [-0.15, -0.1) is 0 Å². The molecule has 0 bridgehead atoms. The lowest BCUT2D eigenvalue weighted by Gasteiger charge is -2.12. The van der Waals surface area contributed by atoms with Crippen LogP contribution in [0.1, 0.15) is 23.9 Å². The van der Waals surface area contributed by atoms with Crippen molar-refractivity contribution in [3.63, 3.8) is 0 Å². The lowest BCUT2D eigenvalue weighted by atomic mass is 10.1. The van der Waals surface area contributed by atoms with Crippen LogP contribution in [-0.4, -0.2) is 38.3 Å². The number of oxazole rings is 1. The third-order valence-corrected chi connectivity index (χ3v) is 4.76. The molecule has 7 heteroatoms. The molecule has 0 saturated heterocycles. The van der Waals surface area contributed by atoms with Gasteiger partial charge < -0.3 is 24.5 Å². The molecule has 0 aliphatic heterocycles. The highest BCUT2D eigenvalue weighted by Crippen LogP contribution is 2.27. The van der Waals surface area contributed by atoms with Crippen molar-refractivity contribution < 1.29 is 13.9 Å². The summed E-state index contributed by atoms with van der Waals surface area (Å²) in [6, 6.07) is 14.1. The summed E-state index contributed by atoms with van der Waals surface area (Å²) in [6.45, 7) is 5.94. The van der Waals surface area contributed by atoms with Gasteiger partial charge in [0.15, 0.2) is 23.2 Å². The molecule has 0 saturated carbocycles. The number of benzene rings is 2. The maximum absolute atomic E-state index is 5.86. The Bertz CT molecular complexity index is 996. The largest absolute Gasteiger partial charge is 0.493 e. The first kappa shape index (κ1) is 22.2. The number of methoxy groups -OCH3 is 2. The zero-order valence-corrected chi connectivity index (χ0v) is 18.6. The summed E-state index contributed by atoms with van der Waals surface area (Å²) in [4.78, 5) is 8.95. The molecule has 2 aromatic carbocycles. The predicted octanol–water partition coefficient (Wildman–Crippen LogP) is 3.97. The van der Waals surface area contributed by atoms with Crippen molar-refractivity contribution in [2.24, 2.45) is 4.99 Å². The zero-order valence-electron chi connectivity index (χ0n) is 18.6. The smallest absolute Gasteiger partial charge is 0.216 e. The van der Waals surface area contributed by atoms with Crippen molar-refractivity contribution in [1.29, 1.82) is 0 Å². The quantitative estimate of drug-likeness (QED) is 0.401. The Morgan fingerprint density at radius 2 is 1.81 bits per heavy atom. The molecule has 7 nitrogen and oxygen atoms in total. The number of ether oxygens (including phenoxy) is 2. The highest BCUT2D eigenvalue weighted by atomic mass is 16.5. The molecular weight excluding hydrogens is 392 g/mol. The van der Waals surface area contributed by atoms with E-state index in [1.165, 1.54) is 5.56 Å². The Morgan fingerprint density at radius 1 is 1.03 bits per heavy atom. The van der Waals surface area contributed by atoms with Crippen molar-refractivity contribution in [3.05, 3.63) is 65.7 Å². The fourth-order valence-electron chi connectivity index (χ4n) is 3.08. The summed E-state index contributed by atoms with van der Waals surface area (Å²) in [6.07, 6.45) is 2.56. The second kappa shape index (κ2) is 11.1. The molecule has 0 radical (unpaired) electrons. The van der Waals surface area contributed by atoms with E-state index in [-0.39, 0.29) is 0 Å². The van der Waals surface area contributed by atoms with E-state index in [1.807, 2.05) is 37.3 Å². The Hall–Kier alpha value is -3.48. The zero-order chi connectivity index (χ0) is 22.1. The second-order valence-electron chi connectivity index (χ2n) is 7.05.